The van der Waals surface area contributed by atoms with Gasteiger partial charge in [0.2, 0.25) is 0 Å². The second-order valence-electron chi connectivity index (χ2n) is 3.88. The fraction of sp³-hybridized carbons (Fsp3) is 1.00. The summed E-state index contributed by atoms with van der Waals surface area (Å²) in [5, 5.41) is 0. The van der Waals surface area contributed by atoms with Gasteiger partial charge in [0.1, 0.15) is 8.24 Å². The summed E-state index contributed by atoms with van der Waals surface area (Å²) in [5.74, 6) is 0. The van der Waals surface area contributed by atoms with Crippen molar-refractivity contribution < 1.29 is 17.1 Å². The number of hydrogen-bond acceptors (Lipinski definition) is 1. The second-order valence-corrected chi connectivity index (χ2v) is 12.4. The molecule has 0 aromatic heterocycles. The maximum absolute atomic E-state index is 2.63. The maximum Gasteiger partial charge on any atom is 0.111 e. The van der Waals surface area contributed by atoms with Gasteiger partial charge in [-0.25, -0.2) is 0 Å². The van der Waals surface area contributed by atoms with Gasteiger partial charge < -0.3 is 4.23 Å². The smallest absolute Gasteiger partial charge is 0.111 e. The molecule has 0 aliphatic heterocycles. The van der Waals surface area contributed by atoms with Crippen molar-refractivity contribution in [3.05, 3.63) is 0 Å². The molecular weight excluding hydrogens is 206 g/mol. The van der Waals surface area contributed by atoms with Gasteiger partial charge >= 0.3 is 0 Å². The Kier molecular flexibility index (Phi) is 6.38. The molecule has 0 amide bonds. The van der Waals surface area contributed by atoms with E-state index < -0.39 is 17.2 Å². The second kappa shape index (κ2) is 4.72. The van der Waals surface area contributed by atoms with Gasteiger partial charge in [-0.3, -0.25) is 0 Å². The van der Waals surface area contributed by atoms with Gasteiger partial charge in [-0.15, -0.1) is 0 Å². The third-order valence-corrected chi connectivity index (χ3v) is 9.37. The minimum absolute atomic E-state index is 0. The zero-order valence-corrected chi connectivity index (χ0v) is 10.9. The van der Waals surface area contributed by atoms with Gasteiger partial charge in [-0.05, 0) is 7.05 Å². The minimum Gasteiger partial charge on any atom is -0.351 e. The van der Waals surface area contributed by atoms with Crippen LogP contribution in [0.1, 0.15) is 0 Å². The van der Waals surface area contributed by atoms with E-state index in [1.807, 2.05) is 0 Å². The van der Waals surface area contributed by atoms with Crippen LogP contribution in [0.4, 0.5) is 0 Å². The fourth-order valence-corrected chi connectivity index (χ4v) is 6.97. The Morgan fingerprint density at radius 2 is 1.40 bits per heavy atom. The van der Waals surface area contributed by atoms with Crippen molar-refractivity contribution in [1.29, 1.82) is 0 Å². The van der Waals surface area contributed by atoms with Crippen LogP contribution in [0, 0.1) is 0 Å². The van der Waals surface area contributed by atoms with Gasteiger partial charge in [-0.2, -0.15) is 0 Å². The van der Waals surface area contributed by atoms with E-state index in [0.29, 0.717) is 0 Å². The van der Waals surface area contributed by atoms with Gasteiger partial charge in [0.15, 0.2) is 0 Å². The van der Waals surface area contributed by atoms with Crippen LogP contribution >= 0.6 is 0 Å². The molecule has 0 saturated heterocycles. The van der Waals surface area contributed by atoms with Crippen LogP contribution in [0.25, 0.3) is 0 Å². The first-order valence-corrected chi connectivity index (χ1v) is 9.86. The summed E-state index contributed by atoms with van der Waals surface area (Å²) in [7, 11) is 0.858. The molecule has 0 aliphatic carbocycles. The zero-order valence-electron chi connectivity index (χ0n) is 7.83. The summed E-state index contributed by atoms with van der Waals surface area (Å²) in [4.78, 5) is 0. The van der Waals surface area contributed by atoms with Crippen molar-refractivity contribution in [2.45, 2.75) is 32.7 Å². The van der Waals surface area contributed by atoms with Crippen molar-refractivity contribution >= 4 is 17.2 Å². The fourth-order valence-electron chi connectivity index (χ4n) is 0.775. The summed E-state index contributed by atoms with van der Waals surface area (Å²) in [6, 6.07) is 0. The molecular formula is C6H19CuNSi2. The summed E-state index contributed by atoms with van der Waals surface area (Å²) in [6.45, 7) is 12.0. The van der Waals surface area contributed by atoms with Crippen molar-refractivity contribution in [1.82, 2.24) is 4.23 Å². The van der Waals surface area contributed by atoms with Gasteiger partial charge in [0, 0.05) is 17.1 Å². The largest absolute Gasteiger partial charge is 0.351 e. The SMILES string of the molecule is CN([SiH](C)C)[Si](C)(C)C.[Cu]. The Hall–Kier alpha value is 0.913. The monoisotopic (exact) mass is 224 g/mol. The van der Waals surface area contributed by atoms with Gasteiger partial charge in [0.05, 0.1) is 8.96 Å². The van der Waals surface area contributed by atoms with E-state index in [1.54, 1.807) is 0 Å². The summed E-state index contributed by atoms with van der Waals surface area (Å²) < 4.78 is 2.63. The Morgan fingerprint density at radius 3 is 1.40 bits per heavy atom. The quantitative estimate of drug-likeness (QED) is 0.647. The van der Waals surface area contributed by atoms with Gasteiger partial charge in [-0.1, -0.05) is 32.7 Å². The van der Waals surface area contributed by atoms with Crippen LogP contribution in [0.15, 0.2) is 0 Å². The van der Waals surface area contributed by atoms with E-state index in [0.717, 1.165) is 0 Å². The molecule has 1 nitrogen and oxygen atoms in total. The molecule has 0 aromatic carbocycles. The van der Waals surface area contributed by atoms with Crippen LogP contribution in [-0.2, 0) is 17.1 Å². The summed E-state index contributed by atoms with van der Waals surface area (Å²) >= 11 is 0. The Labute approximate surface area is 78.4 Å². The molecule has 0 unspecified atom stereocenters. The summed E-state index contributed by atoms with van der Waals surface area (Å²) in [6.07, 6.45) is 0. The molecule has 0 bridgehead atoms. The van der Waals surface area contributed by atoms with E-state index in [-0.39, 0.29) is 17.1 Å². The van der Waals surface area contributed by atoms with E-state index in [2.05, 4.69) is 44.0 Å². The Morgan fingerprint density at radius 1 is 1.10 bits per heavy atom. The molecule has 0 heterocycles. The zero-order chi connectivity index (χ0) is 7.65. The third kappa shape index (κ3) is 4.69. The van der Waals surface area contributed by atoms with Crippen LogP contribution < -0.4 is 0 Å². The predicted octanol–water partition coefficient (Wildman–Crippen LogP) is 1.73. The average molecular weight is 225 g/mol. The molecule has 0 aromatic rings. The van der Waals surface area contributed by atoms with E-state index in [9.17, 15) is 0 Å². The van der Waals surface area contributed by atoms with Crippen molar-refractivity contribution in [3.63, 3.8) is 0 Å². The van der Waals surface area contributed by atoms with Crippen LogP contribution in [0.5, 0.6) is 0 Å². The molecule has 0 saturated carbocycles. The van der Waals surface area contributed by atoms with Gasteiger partial charge in [0.25, 0.3) is 0 Å². The molecule has 67 valence electrons. The molecule has 1 radical (unpaired) electrons. The first-order chi connectivity index (χ1) is 3.85. The van der Waals surface area contributed by atoms with Crippen LogP contribution in [0.3, 0.4) is 0 Å². The third-order valence-electron chi connectivity index (χ3n) is 1.83. The molecule has 0 atom stereocenters. The van der Waals surface area contributed by atoms with Crippen LogP contribution in [-0.4, -0.2) is 28.5 Å². The average Bonchev–Trinajstić information content (AvgIpc) is 1.62. The molecule has 0 aliphatic rings. The first-order valence-electron chi connectivity index (χ1n) is 3.58. The molecule has 0 N–H and O–H groups in total. The maximum atomic E-state index is 2.63. The van der Waals surface area contributed by atoms with E-state index >= 15 is 0 Å². The Bertz CT molecular complexity index is 90.2. The van der Waals surface area contributed by atoms with E-state index in [1.165, 1.54) is 0 Å². The standard InChI is InChI=1S/C6H19NSi2.Cu/c1-7(8(2)3)9(4,5)6;/h8H,1-6H3;. The minimum atomic E-state index is -0.929. The van der Waals surface area contributed by atoms with E-state index in [4.69, 9.17) is 0 Å². The van der Waals surface area contributed by atoms with Crippen molar-refractivity contribution in [2.24, 2.45) is 0 Å². The molecule has 4 heteroatoms. The number of rotatable bonds is 2. The van der Waals surface area contributed by atoms with Crippen molar-refractivity contribution in [2.75, 3.05) is 7.05 Å². The number of nitrogens with zero attached hydrogens (tertiary/aromatic N) is 1. The van der Waals surface area contributed by atoms with Crippen LogP contribution in [0.2, 0.25) is 32.7 Å². The topological polar surface area (TPSA) is 3.24 Å². The molecule has 10 heavy (non-hydrogen) atoms. The Balaban J connectivity index is 0. The first kappa shape index (κ1) is 13.5. The molecule has 0 spiro atoms. The molecule has 0 rings (SSSR count). The normalized spacial score (nSPS) is 12.0. The molecule has 0 fully saturated rings. The summed E-state index contributed by atoms with van der Waals surface area (Å²) in [5.41, 5.74) is 0. The predicted molar refractivity (Wildman–Crippen MR) is 50.0 cm³/mol. The number of hydrogen-bond donors (Lipinski definition) is 0. The van der Waals surface area contributed by atoms with Crippen molar-refractivity contribution in [3.8, 4) is 0 Å².